The molecule has 0 saturated carbocycles. The first-order valence-electron chi connectivity index (χ1n) is 10.3. The molecule has 1 aromatic heterocycles. The quantitative estimate of drug-likeness (QED) is 0.388. The lowest BCUT2D eigenvalue weighted by Gasteiger charge is -2.33. The smallest absolute Gasteiger partial charge is 0.113 e. The van der Waals surface area contributed by atoms with Crippen LogP contribution in [0.3, 0.4) is 0 Å². The normalized spacial score (nSPS) is 12.4. The van der Waals surface area contributed by atoms with Crippen LogP contribution in [-0.4, -0.2) is 15.0 Å². The van der Waals surface area contributed by atoms with E-state index in [0.717, 1.165) is 28.7 Å². The van der Waals surface area contributed by atoms with Gasteiger partial charge in [-0.25, -0.2) is 0 Å². The summed E-state index contributed by atoms with van der Waals surface area (Å²) in [6.07, 6.45) is 1.10. The summed E-state index contributed by atoms with van der Waals surface area (Å²) >= 11 is 0. The second kappa shape index (κ2) is 7.14. The van der Waals surface area contributed by atoms with E-state index in [2.05, 4.69) is 77.1 Å². The van der Waals surface area contributed by atoms with Crippen LogP contribution in [0.25, 0.3) is 27.8 Å². The fourth-order valence-corrected chi connectivity index (χ4v) is 4.38. The molecule has 4 rings (SSSR count). The molecule has 29 heavy (non-hydrogen) atoms. The molecule has 148 valence electrons. The number of benzene rings is 3. The van der Waals surface area contributed by atoms with Crippen LogP contribution in [0.2, 0.25) is 0 Å². The van der Waals surface area contributed by atoms with Crippen molar-refractivity contribution >= 4 is 11.0 Å². The van der Waals surface area contributed by atoms with Crippen LogP contribution < -0.4 is 0 Å². The predicted octanol–water partition coefficient (Wildman–Crippen LogP) is 6.80. The van der Waals surface area contributed by atoms with Crippen molar-refractivity contribution in [1.82, 2.24) is 15.0 Å². The van der Waals surface area contributed by atoms with Gasteiger partial charge in [0, 0.05) is 5.56 Å². The molecule has 3 aromatic carbocycles. The van der Waals surface area contributed by atoms with Crippen molar-refractivity contribution in [3.8, 4) is 16.8 Å². The topological polar surface area (TPSA) is 30.7 Å². The lowest BCUT2D eigenvalue weighted by atomic mass is 9.72. The Balaban J connectivity index is 1.90. The van der Waals surface area contributed by atoms with Crippen molar-refractivity contribution in [2.24, 2.45) is 5.41 Å². The zero-order valence-electron chi connectivity index (χ0n) is 18.0. The zero-order valence-corrected chi connectivity index (χ0v) is 18.0. The van der Waals surface area contributed by atoms with Gasteiger partial charge < -0.3 is 0 Å². The highest BCUT2D eigenvalue weighted by molar-refractivity contribution is 5.76. The minimum Gasteiger partial charge on any atom is -0.150 e. The lowest BCUT2D eigenvalue weighted by molar-refractivity contribution is 0.284. The average molecular weight is 384 g/mol. The Bertz CT molecular complexity index is 1100. The molecule has 0 N–H and O–H groups in total. The van der Waals surface area contributed by atoms with E-state index in [9.17, 15) is 0 Å². The van der Waals surface area contributed by atoms with Gasteiger partial charge in [0.05, 0.1) is 5.69 Å². The molecule has 3 nitrogen and oxygen atoms in total. The van der Waals surface area contributed by atoms with Crippen molar-refractivity contribution in [2.75, 3.05) is 0 Å². The molecule has 0 aliphatic carbocycles. The molecule has 0 atom stereocenters. The second-order valence-electron chi connectivity index (χ2n) is 9.70. The molecule has 0 amide bonds. The second-order valence-corrected chi connectivity index (χ2v) is 9.70. The Morgan fingerprint density at radius 1 is 0.724 bits per heavy atom. The highest BCUT2D eigenvalue weighted by atomic mass is 15.5. The van der Waals surface area contributed by atoms with Crippen molar-refractivity contribution in [2.45, 2.75) is 46.5 Å². The third kappa shape index (κ3) is 4.09. The summed E-state index contributed by atoms with van der Waals surface area (Å²) in [6.45, 7) is 11.6. The Morgan fingerprint density at radius 3 is 1.90 bits per heavy atom. The minimum atomic E-state index is 0.0504. The number of fused-ring (bicyclic) bond motifs is 1. The number of nitrogens with zero attached hydrogens (tertiary/aromatic N) is 3. The molecule has 0 saturated heterocycles. The maximum Gasteiger partial charge on any atom is 0.113 e. The van der Waals surface area contributed by atoms with Gasteiger partial charge in [0.15, 0.2) is 0 Å². The SMILES string of the molecule is CC(C)(C)CC(C)(C)c1ccc(-c2ccccc2)c(-n2nc3ccccc3n2)c1. The fourth-order valence-electron chi connectivity index (χ4n) is 4.38. The van der Waals surface area contributed by atoms with E-state index in [1.54, 1.807) is 4.80 Å². The Morgan fingerprint density at radius 2 is 1.31 bits per heavy atom. The van der Waals surface area contributed by atoms with Gasteiger partial charge in [-0.2, -0.15) is 0 Å². The third-order valence-electron chi connectivity index (χ3n) is 5.34. The molecule has 3 heteroatoms. The molecule has 1 heterocycles. The van der Waals surface area contributed by atoms with Crippen molar-refractivity contribution < 1.29 is 0 Å². The minimum absolute atomic E-state index is 0.0504. The van der Waals surface area contributed by atoms with Crippen LogP contribution in [0, 0.1) is 5.41 Å². The van der Waals surface area contributed by atoms with Gasteiger partial charge in [-0.3, -0.25) is 0 Å². The first-order valence-corrected chi connectivity index (χ1v) is 10.3. The summed E-state index contributed by atoms with van der Waals surface area (Å²) < 4.78 is 0. The van der Waals surface area contributed by atoms with Gasteiger partial charge in [-0.05, 0) is 46.6 Å². The molecular formula is C26H29N3. The summed E-state index contributed by atoms with van der Waals surface area (Å²) in [4.78, 5) is 1.80. The van der Waals surface area contributed by atoms with Gasteiger partial charge in [-0.15, -0.1) is 15.0 Å². The number of aromatic nitrogens is 3. The highest BCUT2D eigenvalue weighted by Gasteiger charge is 2.28. The van der Waals surface area contributed by atoms with E-state index in [-0.39, 0.29) is 10.8 Å². The van der Waals surface area contributed by atoms with E-state index in [1.165, 1.54) is 11.1 Å². The first-order chi connectivity index (χ1) is 13.7. The molecule has 0 spiro atoms. The summed E-state index contributed by atoms with van der Waals surface area (Å²) in [5.41, 5.74) is 6.76. The van der Waals surface area contributed by atoms with Gasteiger partial charge in [0.2, 0.25) is 0 Å². The molecule has 0 bridgehead atoms. The fraction of sp³-hybridized carbons (Fsp3) is 0.308. The first kappa shape index (κ1) is 19.4. The maximum absolute atomic E-state index is 4.77. The lowest BCUT2D eigenvalue weighted by Crippen LogP contribution is -2.25. The zero-order chi connectivity index (χ0) is 20.6. The van der Waals surface area contributed by atoms with Crippen LogP contribution in [0.1, 0.15) is 46.6 Å². The summed E-state index contributed by atoms with van der Waals surface area (Å²) in [7, 11) is 0. The van der Waals surface area contributed by atoms with E-state index < -0.39 is 0 Å². The Labute approximate surface area is 173 Å². The third-order valence-corrected chi connectivity index (χ3v) is 5.34. The van der Waals surface area contributed by atoms with Crippen molar-refractivity contribution in [3.63, 3.8) is 0 Å². The van der Waals surface area contributed by atoms with Crippen LogP contribution in [-0.2, 0) is 5.41 Å². The number of rotatable bonds is 4. The van der Waals surface area contributed by atoms with Crippen molar-refractivity contribution in [1.29, 1.82) is 0 Å². The molecular weight excluding hydrogens is 354 g/mol. The van der Waals surface area contributed by atoms with Crippen LogP contribution >= 0.6 is 0 Å². The largest absolute Gasteiger partial charge is 0.150 e. The van der Waals surface area contributed by atoms with Crippen LogP contribution in [0.15, 0.2) is 72.8 Å². The van der Waals surface area contributed by atoms with E-state index in [0.29, 0.717) is 0 Å². The molecule has 0 aliphatic rings. The maximum atomic E-state index is 4.77. The summed E-state index contributed by atoms with van der Waals surface area (Å²) in [6, 6.07) is 25.3. The standard InChI is InChI=1S/C26H29N3/c1-25(2,3)18-26(4,5)20-15-16-21(19-11-7-6-8-12-19)24(17-20)29-27-22-13-9-10-14-23(22)28-29/h6-17H,18H2,1-5H3. The molecule has 4 aromatic rings. The Kier molecular flexibility index (Phi) is 4.77. The summed E-state index contributed by atoms with van der Waals surface area (Å²) in [5, 5.41) is 9.54. The van der Waals surface area contributed by atoms with Crippen LogP contribution in [0.5, 0.6) is 0 Å². The molecule has 0 unspecified atom stereocenters. The van der Waals surface area contributed by atoms with Crippen LogP contribution in [0.4, 0.5) is 0 Å². The van der Waals surface area contributed by atoms with E-state index >= 15 is 0 Å². The van der Waals surface area contributed by atoms with Gasteiger partial charge >= 0.3 is 0 Å². The highest BCUT2D eigenvalue weighted by Crippen LogP contribution is 2.38. The number of hydrogen-bond donors (Lipinski definition) is 0. The number of hydrogen-bond acceptors (Lipinski definition) is 2. The molecule has 0 radical (unpaired) electrons. The van der Waals surface area contributed by atoms with E-state index in [4.69, 9.17) is 10.2 Å². The van der Waals surface area contributed by atoms with Gasteiger partial charge in [-0.1, -0.05) is 89.2 Å². The Hall–Kier alpha value is -2.94. The predicted molar refractivity (Wildman–Crippen MR) is 121 cm³/mol. The van der Waals surface area contributed by atoms with E-state index in [1.807, 2.05) is 30.3 Å². The van der Waals surface area contributed by atoms with Crippen molar-refractivity contribution in [3.05, 3.63) is 78.4 Å². The van der Waals surface area contributed by atoms with Gasteiger partial charge in [0.25, 0.3) is 0 Å². The average Bonchev–Trinajstić information content (AvgIpc) is 3.10. The van der Waals surface area contributed by atoms with Gasteiger partial charge in [0.1, 0.15) is 11.0 Å². The summed E-state index contributed by atoms with van der Waals surface area (Å²) in [5.74, 6) is 0. The monoisotopic (exact) mass is 383 g/mol. The molecule has 0 aliphatic heterocycles. The molecule has 0 fully saturated rings.